The lowest BCUT2D eigenvalue weighted by atomic mass is 10.1. The van der Waals surface area contributed by atoms with Crippen molar-refractivity contribution in [2.24, 2.45) is 5.73 Å². The first-order chi connectivity index (χ1) is 15.8. The summed E-state index contributed by atoms with van der Waals surface area (Å²) >= 11 is 0. The molecule has 3 heterocycles. The summed E-state index contributed by atoms with van der Waals surface area (Å²) < 4.78 is 16.2. The van der Waals surface area contributed by atoms with E-state index in [2.05, 4.69) is 20.4 Å². The lowest BCUT2D eigenvalue weighted by Gasteiger charge is -2.11. The molecule has 4 aromatic rings. The molecular weight excluding hydrogens is 425 g/mol. The van der Waals surface area contributed by atoms with E-state index in [9.17, 15) is 14.0 Å². The number of carbonyl (C=O) groups excluding carboxylic acids is 2. The van der Waals surface area contributed by atoms with Gasteiger partial charge in [0.15, 0.2) is 0 Å². The number of primary amides is 1. The first kappa shape index (κ1) is 21.6. The zero-order valence-electron chi connectivity index (χ0n) is 17.8. The zero-order chi connectivity index (χ0) is 23.7. The standard InChI is InChI=1S/C23H18FN7O2/c1-12-21(13(2)31(30-12)11-15-7-6-14(9-25)10-27-15)29-23(33)16-8-19(22(26)32)28-18-5-3-4-17(24)20(16)18/h3-8,10H,11H2,1-2H3,(H2,26,32)(H,29,33). The molecular formula is C23H18FN7O2. The minimum atomic E-state index is -0.828. The highest BCUT2D eigenvalue weighted by molar-refractivity contribution is 6.14. The number of halogens is 1. The Morgan fingerprint density at radius 1 is 1.24 bits per heavy atom. The van der Waals surface area contributed by atoms with Crippen molar-refractivity contribution in [1.82, 2.24) is 19.7 Å². The van der Waals surface area contributed by atoms with Crippen molar-refractivity contribution in [3.05, 3.63) is 82.3 Å². The molecule has 0 aliphatic carbocycles. The van der Waals surface area contributed by atoms with Gasteiger partial charge in [0.1, 0.15) is 17.6 Å². The number of fused-ring (bicyclic) bond motifs is 1. The van der Waals surface area contributed by atoms with Crippen molar-refractivity contribution in [3.63, 3.8) is 0 Å². The summed E-state index contributed by atoms with van der Waals surface area (Å²) in [6, 6.07) is 10.7. The highest BCUT2D eigenvalue weighted by Crippen LogP contribution is 2.25. The van der Waals surface area contributed by atoms with Crippen molar-refractivity contribution >= 4 is 28.4 Å². The van der Waals surface area contributed by atoms with Gasteiger partial charge < -0.3 is 11.1 Å². The quantitative estimate of drug-likeness (QED) is 0.486. The van der Waals surface area contributed by atoms with Crippen LogP contribution in [0, 0.1) is 31.0 Å². The Morgan fingerprint density at radius 2 is 2.03 bits per heavy atom. The number of hydrogen-bond acceptors (Lipinski definition) is 6. The maximum Gasteiger partial charge on any atom is 0.267 e. The molecule has 0 spiro atoms. The number of aromatic nitrogens is 4. The number of benzene rings is 1. The highest BCUT2D eigenvalue weighted by atomic mass is 19.1. The number of pyridine rings is 2. The van der Waals surface area contributed by atoms with Gasteiger partial charge in [0.05, 0.1) is 46.0 Å². The zero-order valence-corrected chi connectivity index (χ0v) is 17.8. The fraction of sp³-hybridized carbons (Fsp3) is 0.130. The van der Waals surface area contributed by atoms with E-state index < -0.39 is 17.6 Å². The molecule has 0 atom stereocenters. The molecule has 9 nitrogen and oxygen atoms in total. The van der Waals surface area contributed by atoms with E-state index in [1.165, 1.54) is 30.5 Å². The molecule has 0 saturated heterocycles. The SMILES string of the molecule is Cc1nn(Cc2ccc(C#N)cn2)c(C)c1NC(=O)c1cc(C(N)=O)nc2cccc(F)c12. The summed E-state index contributed by atoms with van der Waals surface area (Å²) in [5, 5.41) is 16.1. The molecule has 1 aromatic carbocycles. The Labute approximate surface area is 187 Å². The summed E-state index contributed by atoms with van der Waals surface area (Å²) in [4.78, 5) is 33.1. The van der Waals surface area contributed by atoms with Gasteiger partial charge in [-0.3, -0.25) is 19.3 Å². The number of nitrogens with two attached hydrogens (primary N) is 1. The molecule has 0 aliphatic heterocycles. The van der Waals surface area contributed by atoms with Crippen LogP contribution in [-0.4, -0.2) is 31.6 Å². The Morgan fingerprint density at radius 3 is 2.70 bits per heavy atom. The summed E-state index contributed by atoms with van der Waals surface area (Å²) in [6.07, 6.45) is 1.48. The van der Waals surface area contributed by atoms with Crippen LogP contribution in [-0.2, 0) is 6.54 Å². The number of anilines is 1. The highest BCUT2D eigenvalue weighted by Gasteiger charge is 2.21. The van der Waals surface area contributed by atoms with E-state index in [-0.39, 0.29) is 22.2 Å². The fourth-order valence-corrected chi connectivity index (χ4v) is 3.50. The van der Waals surface area contributed by atoms with Gasteiger partial charge in [0.25, 0.3) is 11.8 Å². The molecule has 164 valence electrons. The average molecular weight is 443 g/mol. The van der Waals surface area contributed by atoms with Gasteiger partial charge in [-0.15, -0.1) is 0 Å². The van der Waals surface area contributed by atoms with E-state index >= 15 is 0 Å². The maximum absolute atomic E-state index is 14.6. The molecule has 33 heavy (non-hydrogen) atoms. The summed E-state index contributed by atoms with van der Waals surface area (Å²) in [5.41, 5.74) is 8.07. The molecule has 0 aliphatic rings. The number of aryl methyl sites for hydroxylation is 1. The Bertz CT molecular complexity index is 1450. The van der Waals surface area contributed by atoms with Gasteiger partial charge in [-0.1, -0.05) is 6.07 Å². The number of carbonyl (C=O) groups is 2. The average Bonchev–Trinajstić information content (AvgIpc) is 3.06. The maximum atomic E-state index is 14.6. The van der Waals surface area contributed by atoms with Gasteiger partial charge in [0, 0.05) is 11.6 Å². The molecule has 10 heteroatoms. The lowest BCUT2D eigenvalue weighted by Crippen LogP contribution is -2.18. The smallest absolute Gasteiger partial charge is 0.267 e. The molecule has 0 fully saturated rings. The molecule has 0 radical (unpaired) electrons. The van der Waals surface area contributed by atoms with Crippen molar-refractivity contribution in [2.75, 3.05) is 5.32 Å². The van der Waals surface area contributed by atoms with E-state index in [4.69, 9.17) is 11.0 Å². The van der Waals surface area contributed by atoms with E-state index in [0.717, 1.165) is 0 Å². The number of nitrogens with one attached hydrogen (secondary N) is 1. The number of rotatable bonds is 5. The van der Waals surface area contributed by atoms with Crippen LogP contribution in [0.3, 0.4) is 0 Å². The molecule has 0 bridgehead atoms. The predicted octanol–water partition coefficient (Wildman–Crippen LogP) is 2.85. The van der Waals surface area contributed by atoms with Gasteiger partial charge in [-0.2, -0.15) is 10.4 Å². The second-order valence-corrected chi connectivity index (χ2v) is 7.36. The summed E-state index contributed by atoms with van der Waals surface area (Å²) in [6.45, 7) is 3.83. The summed E-state index contributed by atoms with van der Waals surface area (Å²) in [5.74, 6) is -2.10. The van der Waals surface area contributed by atoms with Crippen molar-refractivity contribution in [2.45, 2.75) is 20.4 Å². The van der Waals surface area contributed by atoms with Gasteiger partial charge in [-0.05, 0) is 44.2 Å². The van der Waals surface area contributed by atoms with Crippen LogP contribution < -0.4 is 11.1 Å². The third-order valence-corrected chi connectivity index (χ3v) is 5.17. The topological polar surface area (TPSA) is 140 Å². The third kappa shape index (κ3) is 4.12. The molecule has 3 aromatic heterocycles. The van der Waals surface area contributed by atoms with Crippen LogP contribution in [0.15, 0.2) is 42.6 Å². The monoisotopic (exact) mass is 443 g/mol. The van der Waals surface area contributed by atoms with Crippen LogP contribution in [0.2, 0.25) is 0 Å². The van der Waals surface area contributed by atoms with E-state index in [1.54, 1.807) is 30.7 Å². The normalized spacial score (nSPS) is 10.7. The minimum Gasteiger partial charge on any atom is -0.364 e. The Kier molecular flexibility index (Phi) is 5.54. The third-order valence-electron chi connectivity index (χ3n) is 5.17. The van der Waals surface area contributed by atoms with Crippen LogP contribution >= 0.6 is 0 Å². The minimum absolute atomic E-state index is 0.00974. The van der Waals surface area contributed by atoms with E-state index in [0.29, 0.717) is 34.9 Å². The number of hydrogen-bond donors (Lipinski definition) is 2. The molecule has 2 amide bonds. The Hall–Kier alpha value is -4.65. The van der Waals surface area contributed by atoms with Crippen LogP contribution in [0.25, 0.3) is 10.9 Å². The number of amides is 2. The molecule has 0 unspecified atom stereocenters. The lowest BCUT2D eigenvalue weighted by molar-refractivity contribution is 0.0996. The second-order valence-electron chi connectivity index (χ2n) is 7.36. The molecule has 4 rings (SSSR count). The Balaban J connectivity index is 1.69. The fourth-order valence-electron chi connectivity index (χ4n) is 3.50. The largest absolute Gasteiger partial charge is 0.364 e. The van der Waals surface area contributed by atoms with Crippen molar-refractivity contribution in [3.8, 4) is 6.07 Å². The summed E-state index contributed by atoms with van der Waals surface area (Å²) in [7, 11) is 0. The van der Waals surface area contributed by atoms with Gasteiger partial charge in [0.2, 0.25) is 0 Å². The van der Waals surface area contributed by atoms with Crippen LogP contribution in [0.4, 0.5) is 10.1 Å². The predicted molar refractivity (Wildman–Crippen MR) is 118 cm³/mol. The van der Waals surface area contributed by atoms with Crippen LogP contribution in [0.5, 0.6) is 0 Å². The van der Waals surface area contributed by atoms with Gasteiger partial charge in [-0.25, -0.2) is 9.37 Å². The van der Waals surface area contributed by atoms with Gasteiger partial charge >= 0.3 is 0 Å². The van der Waals surface area contributed by atoms with Crippen molar-refractivity contribution in [1.29, 1.82) is 5.26 Å². The second kappa shape index (κ2) is 8.47. The van der Waals surface area contributed by atoms with E-state index in [1.807, 2.05) is 6.07 Å². The van der Waals surface area contributed by atoms with Crippen molar-refractivity contribution < 1.29 is 14.0 Å². The number of nitrogens with zero attached hydrogens (tertiary/aromatic N) is 5. The molecule has 3 N–H and O–H groups in total. The number of nitriles is 1. The van der Waals surface area contributed by atoms with Crippen LogP contribution in [0.1, 0.15) is 43.5 Å². The first-order valence-electron chi connectivity index (χ1n) is 9.88. The molecule has 0 saturated carbocycles. The first-order valence-corrected chi connectivity index (χ1v) is 9.88.